The van der Waals surface area contributed by atoms with Crippen LogP contribution in [0.1, 0.15) is 17.4 Å². The van der Waals surface area contributed by atoms with E-state index in [4.69, 9.17) is 4.74 Å². The fraction of sp³-hybridized carbons (Fsp3) is 0.350. The maximum atomic E-state index is 11.5. The van der Waals surface area contributed by atoms with E-state index in [2.05, 4.69) is 40.8 Å². The van der Waals surface area contributed by atoms with Gasteiger partial charge in [0.1, 0.15) is 16.9 Å². The van der Waals surface area contributed by atoms with Gasteiger partial charge < -0.3 is 14.5 Å². The fourth-order valence-electron chi connectivity index (χ4n) is 3.34. The van der Waals surface area contributed by atoms with E-state index in [-0.39, 0.29) is 5.91 Å². The molecular formula is C20H22N4O2S. The first-order valence-corrected chi connectivity index (χ1v) is 9.83. The number of carbonyl (C=O) groups is 1. The molecule has 1 aromatic carbocycles. The van der Waals surface area contributed by atoms with Crippen LogP contribution in [0.4, 0.5) is 5.69 Å². The largest absolute Gasteiger partial charge is 0.438 e. The molecule has 0 aliphatic carbocycles. The molecule has 140 valence electrons. The van der Waals surface area contributed by atoms with Crippen molar-refractivity contribution in [3.8, 4) is 11.6 Å². The molecule has 0 saturated carbocycles. The van der Waals surface area contributed by atoms with E-state index < -0.39 is 0 Å². The molecule has 1 fully saturated rings. The lowest BCUT2D eigenvalue weighted by Crippen LogP contribution is -2.48. The fourth-order valence-corrected chi connectivity index (χ4v) is 4.33. The molecule has 1 aliphatic rings. The minimum Gasteiger partial charge on any atom is -0.438 e. The summed E-state index contributed by atoms with van der Waals surface area (Å²) in [6, 6.07) is 8.05. The normalized spacial score (nSPS) is 14.6. The lowest BCUT2D eigenvalue weighted by atomic mass is 10.2. The van der Waals surface area contributed by atoms with Gasteiger partial charge in [-0.1, -0.05) is 0 Å². The summed E-state index contributed by atoms with van der Waals surface area (Å²) >= 11 is 1.66. The van der Waals surface area contributed by atoms with Gasteiger partial charge in [0, 0.05) is 43.7 Å². The van der Waals surface area contributed by atoms with E-state index in [1.807, 2.05) is 17.0 Å². The Morgan fingerprint density at radius 3 is 2.44 bits per heavy atom. The Labute approximate surface area is 162 Å². The first-order chi connectivity index (χ1) is 13.0. The third kappa shape index (κ3) is 3.47. The topological polar surface area (TPSA) is 58.6 Å². The van der Waals surface area contributed by atoms with Crippen LogP contribution in [0.2, 0.25) is 0 Å². The number of hydrogen-bond donors (Lipinski definition) is 0. The van der Waals surface area contributed by atoms with E-state index in [1.165, 1.54) is 10.4 Å². The molecule has 3 aromatic rings. The van der Waals surface area contributed by atoms with Crippen molar-refractivity contribution in [2.45, 2.75) is 20.8 Å². The van der Waals surface area contributed by atoms with Crippen molar-refractivity contribution < 1.29 is 9.53 Å². The monoisotopic (exact) mass is 382 g/mol. The molecule has 7 heteroatoms. The number of fused-ring (bicyclic) bond motifs is 1. The second kappa shape index (κ2) is 7.15. The van der Waals surface area contributed by atoms with Gasteiger partial charge in [-0.3, -0.25) is 4.79 Å². The summed E-state index contributed by atoms with van der Waals surface area (Å²) in [6.07, 6.45) is 1.55. The van der Waals surface area contributed by atoms with Crippen molar-refractivity contribution in [1.82, 2.24) is 14.9 Å². The second-order valence-electron chi connectivity index (χ2n) is 6.73. The van der Waals surface area contributed by atoms with Gasteiger partial charge in [-0.25, -0.2) is 9.97 Å². The van der Waals surface area contributed by atoms with Crippen LogP contribution in [0.15, 0.2) is 30.6 Å². The van der Waals surface area contributed by atoms with Crippen LogP contribution < -0.4 is 9.64 Å². The molecule has 6 nitrogen and oxygen atoms in total. The second-order valence-corrected chi connectivity index (χ2v) is 7.93. The van der Waals surface area contributed by atoms with Gasteiger partial charge in [0.25, 0.3) is 0 Å². The number of nitrogens with zero attached hydrogens (tertiary/aromatic N) is 4. The van der Waals surface area contributed by atoms with Gasteiger partial charge in [0.15, 0.2) is 0 Å². The number of aryl methyl sites for hydroxylation is 2. The highest BCUT2D eigenvalue weighted by molar-refractivity contribution is 7.18. The van der Waals surface area contributed by atoms with Crippen molar-refractivity contribution in [3.63, 3.8) is 0 Å². The molecule has 1 saturated heterocycles. The van der Waals surface area contributed by atoms with Crippen LogP contribution in [0, 0.1) is 13.8 Å². The van der Waals surface area contributed by atoms with Crippen LogP contribution >= 0.6 is 11.3 Å². The summed E-state index contributed by atoms with van der Waals surface area (Å²) in [4.78, 5) is 26.5. The van der Waals surface area contributed by atoms with Gasteiger partial charge in [-0.05, 0) is 43.7 Å². The number of hydrogen-bond acceptors (Lipinski definition) is 6. The van der Waals surface area contributed by atoms with Crippen molar-refractivity contribution in [1.29, 1.82) is 0 Å². The first-order valence-electron chi connectivity index (χ1n) is 9.02. The average Bonchev–Trinajstić information content (AvgIpc) is 2.97. The van der Waals surface area contributed by atoms with Gasteiger partial charge in [0.2, 0.25) is 11.8 Å². The predicted octanol–water partition coefficient (Wildman–Crippen LogP) is 3.77. The number of anilines is 1. The van der Waals surface area contributed by atoms with E-state index >= 15 is 0 Å². The molecule has 0 N–H and O–H groups in total. The SMILES string of the molecule is CC(=O)N1CCN(c2ccc(Oc3ncnc4sc(C)c(C)c34)cc2)CC1. The first kappa shape index (κ1) is 17.7. The zero-order valence-electron chi connectivity index (χ0n) is 15.7. The van der Waals surface area contributed by atoms with Crippen LogP contribution in [-0.2, 0) is 4.79 Å². The zero-order valence-corrected chi connectivity index (χ0v) is 16.5. The zero-order chi connectivity index (χ0) is 19.0. The number of piperazine rings is 1. The quantitative estimate of drug-likeness (QED) is 0.690. The smallest absolute Gasteiger partial charge is 0.231 e. The molecular weight excluding hydrogens is 360 g/mol. The number of carbonyl (C=O) groups excluding carboxylic acids is 1. The standard InChI is InChI=1S/C20H22N4O2S/c1-13-14(2)27-20-18(13)19(21-12-22-20)26-17-6-4-16(5-7-17)24-10-8-23(9-11-24)15(3)25/h4-7,12H,8-11H2,1-3H3. The van der Waals surface area contributed by atoms with E-state index in [0.717, 1.165) is 47.8 Å². The van der Waals surface area contributed by atoms with Crippen molar-refractivity contribution in [2.75, 3.05) is 31.1 Å². The minimum atomic E-state index is 0.147. The Kier molecular flexibility index (Phi) is 4.70. The van der Waals surface area contributed by atoms with Crippen LogP contribution in [0.5, 0.6) is 11.6 Å². The highest BCUT2D eigenvalue weighted by Crippen LogP contribution is 2.36. The lowest BCUT2D eigenvalue weighted by Gasteiger charge is -2.35. The number of amides is 1. The molecule has 1 amide bonds. The number of aromatic nitrogens is 2. The number of thiophene rings is 1. The highest BCUT2D eigenvalue weighted by atomic mass is 32.1. The summed E-state index contributed by atoms with van der Waals surface area (Å²) in [6.45, 7) is 9.02. The molecule has 3 heterocycles. The maximum absolute atomic E-state index is 11.5. The van der Waals surface area contributed by atoms with E-state index in [0.29, 0.717) is 5.88 Å². The summed E-state index contributed by atoms with van der Waals surface area (Å²) in [5, 5.41) is 0.990. The Morgan fingerprint density at radius 2 is 1.78 bits per heavy atom. The molecule has 2 aromatic heterocycles. The van der Waals surface area contributed by atoms with Crippen LogP contribution in [0.25, 0.3) is 10.2 Å². The van der Waals surface area contributed by atoms with Crippen LogP contribution in [0.3, 0.4) is 0 Å². The molecule has 0 spiro atoms. The Bertz CT molecular complexity index is 976. The number of rotatable bonds is 3. The van der Waals surface area contributed by atoms with Crippen LogP contribution in [-0.4, -0.2) is 47.0 Å². The Balaban J connectivity index is 1.50. The van der Waals surface area contributed by atoms with Gasteiger partial charge in [-0.15, -0.1) is 11.3 Å². The molecule has 27 heavy (non-hydrogen) atoms. The van der Waals surface area contributed by atoms with Gasteiger partial charge >= 0.3 is 0 Å². The Hall–Kier alpha value is -2.67. The molecule has 0 unspecified atom stereocenters. The number of benzene rings is 1. The molecule has 1 aliphatic heterocycles. The van der Waals surface area contributed by atoms with Crippen molar-refractivity contribution in [3.05, 3.63) is 41.0 Å². The summed E-state index contributed by atoms with van der Waals surface area (Å²) in [7, 11) is 0. The Morgan fingerprint density at radius 1 is 1.07 bits per heavy atom. The lowest BCUT2D eigenvalue weighted by molar-refractivity contribution is -0.129. The highest BCUT2D eigenvalue weighted by Gasteiger charge is 2.19. The molecule has 0 atom stereocenters. The summed E-state index contributed by atoms with van der Waals surface area (Å²) in [5.74, 6) is 1.50. The summed E-state index contributed by atoms with van der Waals surface area (Å²) in [5.41, 5.74) is 2.31. The average molecular weight is 382 g/mol. The molecule has 0 bridgehead atoms. The van der Waals surface area contributed by atoms with Crippen molar-refractivity contribution >= 4 is 33.1 Å². The third-order valence-electron chi connectivity index (χ3n) is 5.07. The molecule has 0 radical (unpaired) electrons. The predicted molar refractivity (Wildman–Crippen MR) is 108 cm³/mol. The minimum absolute atomic E-state index is 0.147. The number of ether oxygens (including phenoxy) is 1. The maximum Gasteiger partial charge on any atom is 0.231 e. The summed E-state index contributed by atoms with van der Waals surface area (Å²) < 4.78 is 6.06. The van der Waals surface area contributed by atoms with E-state index in [9.17, 15) is 4.79 Å². The van der Waals surface area contributed by atoms with Gasteiger partial charge in [-0.2, -0.15) is 0 Å². The van der Waals surface area contributed by atoms with Gasteiger partial charge in [0.05, 0.1) is 5.39 Å². The third-order valence-corrected chi connectivity index (χ3v) is 6.19. The van der Waals surface area contributed by atoms with Crippen molar-refractivity contribution in [2.24, 2.45) is 0 Å². The molecule has 4 rings (SSSR count). The van der Waals surface area contributed by atoms with E-state index in [1.54, 1.807) is 24.6 Å².